The van der Waals surface area contributed by atoms with E-state index in [-0.39, 0.29) is 17.4 Å². The molecule has 0 atom stereocenters. The number of nitrogens with two attached hydrogens (primary N) is 2. The molecular formula is C14H19N3O3. The summed E-state index contributed by atoms with van der Waals surface area (Å²) in [6, 6.07) is 4.81. The minimum Gasteiger partial charge on any atom is -0.478 e. The van der Waals surface area contributed by atoms with Crippen LogP contribution in [-0.2, 0) is 4.79 Å². The minimum atomic E-state index is -0.959. The first-order valence-corrected chi connectivity index (χ1v) is 6.63. The van der Waals surface area contributed by atoms with E-state index in [1.165, 1.54) is 6.07 Å². The molecule has 6 heteroatoms. The molecule has 108 valence electrons. The molecule has 1 aliphatic heterocycles. The van der Waals surface area contributed by atoms with Gasteiger partial charge in [0.2, 0.25) is 5.91 Å². The van der Waals surface area contributed by atoms with E-state index in [0.717, 1.165) is 12.8 Å². The number of rotatable bonds is 4. The molecule has 1 aromatic carbocycles. The highest BCUT2D eigenvalue weighted by Gasteiger charge is 2.23. The number of piperidine rings is 1. The maximum absolute atomic E-state index is 11.3. The fourth-order valence-electron chi connectivity index (χ4n) is 2.65. The third-order valence-electron chi connectivity index (χ3n) is 3.70. The van der Waals surface area contributed by atoms with E-state index in [0.29, 0.717) is 30.9 Å². The van der Waals surface area contributed by atoms with Crippen molar-refractivity contribution < 1.29 is 14.7 Å². The van der Waals surface area contributed by atoms with E-state index in [1.54, 1.807) is 12.1 Å². The van der Waals surface area contributed by atoms with Crippen LogP contribution < -0.4 is 16.4 Å². The number of hydrogen-bond acceptors (Lipinski definition) is 4. The molecule has 2 rings (SSSR count). The van der Waals surface area contributed by atoms with Crippen LogP contribution in [0.2, 0.25) is 0 Å². The van der Waals surface area contributed by atoms with Gasteiger partial charge in [-0.3, -0.25) is 4.79 Å². The van der Waals surface area contributed by atoms with Crippen molar-refractivity contribution in [3.8, 4) is 0 Å². The van der Waals surface area contributed by atoms with Gasteiger partial charge in [0.05, 0.1) is 11.3 Å². The molecule has 0 bridgehead atoms. The normalized spacial score (nSPS) is 16.1. The van der Waals surface area contributed by atoms with Crippen LogP contribution in [0, 0.1) is 5.92 Å². The molecule has 1 saturated heterocycles. The Hall–Kier alpha value is -2.24. The standard InChI is InChI=1S/C14H19N3O3/c15-10-1-2-11(14(19)20)12(8-10)17-5-3-9(4-6-17)7-13(16)18/h1-2,8-9H,3-7,15H2,(H2,16,18)(H,19,20). The summed E-state index contributed by atoms with van der Waals surface area (Å²) in [5.41, 5.74) is 12.4. The van der Waals surface area contributed by atoms with Crippen molar-refractivity contribution in [2.24, 2.45) is 11.7 Å². The fraction of sp³-hybridized carbons (Fsp3) is 0.429. The van der Waals surface area contributed by atoms with Gasteiger partial charge in [-0.1, -0.05) is 0 Å². The highest BCUT2D eigenvalue weighted by Crippen LogP contribution is 2.29. The maximum atomic E-state index is 11.3. The third kappa shape index (κ3) is 3.20. The predicted octanol–water partition coefficient (Wildman–Crippen LogP) is 1.06. The molecule has 1 heterocycles. The molecule has 0 radical (unpaired) electrons. The van der Waals surface area contributed by atoms with Gasteiger partial charge in [0.1, 0.15) is 0 Å². The Bertz CT molecular complexity index is 522. The summed E-state index contributed by atoms with van der Waals surface area (Å²) in [5.74, 6) is -0.948. The zero-order chi connectivity index (χ0) is 14.7. The molecule has 1 amide bonds. The number of hydrogen-bond donors (Lipinski definition) is 3. The number of primary amides is 1. The summed E-state index contributed by atoms with van der Waals surface area (Å²) >= 11 is 0. The number of carbonyl (C=O) groups excluding carboxylic acids is 1. The predicted molar refractivity (Wildman–Crippen MR) is 76.6 cm³/mol. The van der Waals surface area contributed by atoms with Crippen LogP contribution in [0.5, 0.6) is 0 Å². The Kier molecular flexibility index (Phi) is 4.12. The Morgan fingerprint density at radius 3 is 2.50 bits per heavy atom. The van der Waals surface area contributed by atoms with E-state index < -0.39 is 5.97 Å². The summed E-state index contributed by atoms with van der Waals surface area (Å²) in [7, 11) is 0. The second kappa shape index (κ2) is 5.81. The van der Waals surface area contributed by atoms with Crippen LogP contribution in [0.25, 0.3) is 0 Å². The minimum absolute atomic E-state index is 0.257. The van der Waals surface area contributed by atoms with Crippen molar-refractivity contribution in [1.82, 2.24) is 0 Å². The third-order valence-corrected chi connectivity index (χ3v) is 3.70. The molecule has 0 aromatic heterocycles. The smallest absolute Gasteiger partial charge is 0.337 e. The zero-order valence-corrected chi connectivity index (χ0v) is 11.2. The number of carbonyl (C=O) groups is 2. The van der Waals surface area contributed by atoms with E-state index in [2.05, 4.69) is 0 Å². The molecule has 5 N–H and O–H groups in total. The molecule has 20 heavy (non-hydrogen) atoms. The number of benzene rings is 1. The van der Waals surface area contributed by atoms with Gasteiger partial charge in [0.25, 0.3) is 0 Å². The van der Waals surface area contributed by atoms with E-state index in [9.17, 15) is 14.7 Å². The number of aromatic carboxylic acids is 1. The lowest BCUT2D eigenvalue weighted by Crippen LogP contribution is -2.36. The Morgan fingerprint density at radius 2 is 1.95 bits per heavy atom. The Labute approximate surface area is 117 Å². The van der Waals surface area contributed by atoms with Gasteiger partial charge in [-0.15, -0.1) is 0 Å². The van der Waals surface area contributed by atoms with Gasteiger partial charge in [0.15, 0.2) is 0 Å². The lowest BCUT2D eigenvalue weighted by molar-refractivity contribution is -0.119. The summed E-state index contributed by atoms with van der Waals surface area (Å²) in [6.07, 6.45) is 2.06. The van der Waals surface area contributed by atoms with Crippen LogP contribution in [0.15, 0.2) is 18.2 Å². The first-order valence-electron chi connectivity index (χ1n) is 6.63. The number of nitrogen functional groups attached to an aromatic ring is 1. The second-order valence-corrected chi connectivity index (χ2v) is 5.18. The number of carboxylic acid groups (broad SMARTS) is 1. The molecule has 0 unspecified atom stereocenters. The number of anilines is 2. The van der Waals surface area contributed by atoms with Crippen LogP contribution >= 0.6 is 0 Å². The topological polar surface area (TPSA) is 110 Å². The van der Waals surface area contributed by atoms with Crippen LogP contribution in [0.1, 0.15) is 29.6 Å². The van der Waals surface area contributed by atoms with Gasteiger partial charge in [-0.25, -0.2) is 4.79 Å². The fourth-order valence-corrected chi connectivity index (χ4v) is 2.65. The van der Waals surface area contributed by atoms with Crippen molar-refractivity contribution in [1.29, 1.82) is 0 Å². The molecule has 0 aliphatic carbocycles. The monoisotopic (exact) mass is 277 g/mol. The van der Waals surface area contributed by atoms with Crippen LogP contribution in [-0.4, -0.2) is 30.1 Å². The van der Waals surface area contributed by atoms with Crippen LogP contribution in [0.4, 0.5) is 11.4 Å². The van der Waals surface area contributed by atoms with Gasteiger partial charge < -0.3 is 21.5 Å². The van der Waals surface area contributed by atoms with E-state index in [4.69, 9.17) is 11.5 Å². The Morgan fingerprint density at radius 1 is 1.30 bits per heavy atom. The number of carboxylic acids is 1. The average Bonchev–Trinajstić information content (AvgIpc) is 2.38. The highest BCUT2D eigenvalue weighted by molar-refractivity contribution is 5.95. The number of amides is 1. The first-order chi connectivity index (χ1) is 9.47. The molecular weight excluding hydrogens is 258 g/mol. The quantitative estimate of drug-likeness (QED) is 0.713. The SMILES string of the molecule is NC(=O)CC1CCN(c2cc(N)ccc2C(=O)O)CC1. The largest absolute Gasteiger partial charge is 0.478 e. The molecule has 6 nitrogen and oxygen atoms in total. The molecule has 0 spiro atoms. The molecule has 1 aromatic rings. The molecule has 1 fully saturated rings. The number of nitrogens with zero attached hydrogens (tertiary/aromatic N) is 1. The first kappa shape index (κ1) is 14.2. The second-order valence-electron chi connectivity index (χ2n) is 5.18. The van der Waals surface area contributed by atoms with Crippen molar-refractivity contribution in [2.45, 2.75) is 19.3 Å². The summed E-state index contributed by atoms with van der Waals surface area (Å²) < 4.78 is 0. The maximum Gasteiger partial charge on any atom is 0.337 e. The van der Waals surface area contributed by atoms with Gasteiger partial charge in [0, 0.05) is 25.2 Å². The highest BCUT2D eigenvalue weighted by atomic mass is 16.4. The average molecular weight is 277 g/mol. The summed E-state index contributed by atoms with van der Waals surface area (Å²) in [6.45, 7) is 1.42. The van der Waals surface area contributed by atoms with Gasteiger partial charge in [-0.2, -0.15) is 0 Å². The van der Waals surface area contributed by atoms with E-state index >= 15 is 0 Å². The van der Waals surface area contributed by atoms with Crippen molar-refractivity contribution in [2.75, 3.05) is 23.7 Å². The van der Waals surface area contributed by atoms with Gasteiger partial charge in [-0.05, 0) is 37.0 Å². The lowest BCUT2D eigenvalue weighted by atomic mass is 9.92. The zero-order valence-electron chi connectivity index (χ0n) is 11.2. The molecule has 1 aliphatic rings. The molecule has 0 saturated carbocycles. The van der Waals surface area contributed by atoms with Crippen molar-refractivity contribution in [3.63, 3.8) is 0 Å². The summed E-state index contributed by atoms with van der Waals surface area (Å²) in [5, 5.41) is 9.23. The summed E-state index contributed by atoms with van der Waals surface area (Å²) in [4.78, 5) is 24.2. The van der Waals surface area contributed by atoms with Gasteiger partial charge >= 0.3 is 5.97 Å². The van der Waals surface area contributed by atoms with Crippen LogP contribution in [0.3, 0.4) is 0 Å². The van der Waals surface area contributed by atoms with Crippen molar-refractivity contribution in [3.05, 3.63) is 23.8 Å². The van der Waals surface area contributed by atoms with Crippen molar-refractivity contribution >= 4 is 23.3 Å². The lowest BCUT2D eigenvalue weighted by Gasteiger charge is -2.34. The van der Waals surface area contributed by atoms with E-state index in [1.807, 2.05) is 4.90 Å². The Balaban J connectivity index is 2.12.